The van der Waals surface area contributed by atoms with Crippen molar-refractivity contribution in [1.29, 1.82) is 5.26 Å². The van der Waals surface area contributed by atoms with Gasteiger partial charge in [0.15, 0.2) is 0 Å². The van der Waals surface area contributed by atoms with E-state index in [0.717, 1.165) is 0 Å². The quantitative estimate of drug-likeness (QED) is 0.743. The largest absolute Gasteiger partial charge is 0.497 e. The van der Waals surface area contributed by atoms with Crippen LogP contribution in [0.15, 0.2) is 53.4 Å². The van der Waals surface area contributed by atoms with Crippen LogP contribution in [0.5, 0.6) is 5.75 Å². The number of hydrogen-bond acceptors (Lipinski definition) is 6. The van der Waals surface area contributed by atoms with Gasteiger partial charge in [-0.25, -0.2) is 8.42 Å². The van der Waals surface area contributed by atoms with Crippen LogP contribution in [-0.2, 0) is 26.2 Å². The SMILES string of the molecule is COc1ccc(S(=O)(=O)N[C@@H](C)C(=O)OCc2cccc(C#N)c2)cc1. The molecule has 0 saturated heterocycles. The number of benzene rings is 2. The minimum absolute atomic E-state index is 0.0136. The molecule has 2 aromatic rings. The number of methoxy groups -OCH3 is 1. The summed E-state index contributed by atoms with van der Waals surface area (Å²) >= 11 is 0. The summed E-state index contributed by atoms with van der Waals surface area (Å²) in [6, 6.07) is 13.3. The summed E-state index contributed by atoms with van der Waals surface area (Å²) in [6.45, 7) is 1.35. The second kappa shape index (κ2) is 8.47. The number of nitrogens with zero attached hydrogens (tertiary/aromatic N) is 1. The van der Waals surface area contributed by atoms with Crippen molar-refractivity contribution in [3.63, 3.8) is 0 Å². The monoisotopic (exact) mass is 374 g/mol. The van der Waals surface area contributed by atoms with Crippen molar-refractivity contribution < 1.29 is 22.7 Å². The average Bonchev–Trinajstić information content (AvgIpc) is 2.65. The van der Waals surface area contributed by atoms with Gasteiger partial charge in [-0.15, -0.1) is 0 Å². The molecule has 0 unspecified atom stereocenters. The summed E-state index contributed by atoms with van der Waals surface area (Å²) in [5.41, 5.74) is 1.09. The molecule has 0 aromatic heterocycles. The highest BCUT2D eigenvalue weighted by molar-refractivity contribution is 7.89. The van der Waals surface area contributed by atoms with Crippen molar-refractivity contribution in [3.05, 3.63) is 59.7 Å². The van der Waals surface area contributed by atoms with Crippen LogP contribution in [-0.4, -0.2) is 27.5 Å². The summed E-state index contributed by atoms with van der Waals surface area (Å²) in [5.74, 6) is -0.194. The van der Waals surface area contributed by atoms with Crippen LogP contribution in [0.2, 0.25) is 0 Å². The predicted octanol–water partition coefficient (Wildman–Crippen LogP) is 1.98. The molecule has 8 heteroatoms. The first-order chi connectivity index (χ1) is 12.4. The Morgan fingerprint density at radius 1 is 1.23 bits per heavy atom. The van der Waals surface area contributed by atoms with Crippen molar-refractivity contribution in [2.45, 2.75) is 24.5 Å². The van der Waals surface area contributed by atoms with Gasteiger partial charge in [0.2, 0.25) is 10.0 Å². The molecule has 0 aliphatic carbocycles. The number of nitrogens with one attached hydrogen (secondary N) is 1. The zero-order valence-electron chi connectivity index (χ0n) is 14.3. The highest BCUT2D eigenvalue weighted by atomic mass is 32.2. The molecule has 0 radical (unpaired) electrons. The summed E-state index contributed by atoms with van der Waals surface area (Å²) in [4.78, 5) is 12.1. The smallest absolute Gasteiger partial charge is 0.324 e. The molecule has 0 bridgehead atoms. The molecule has 0 spiro atoms. The molecule has 2 aromatic carbocycles. The molecular formula is C18H18N2O5S. The number of carbonyl (C=O) groups excluding carboxylic acids is 1. The molecule has 7 nitrogen and oxygen atoms in total. The van der Waals surface area contributed by atoms with Gasteiger partial charge in [0.05, 0.1) is 23.6 Å². The summed E-state index contributed by atoms with van der Waals surface area (Å²) in [6.07, 6.45) is 0. The third-order valence-electron chi connectivity index (χ3n) is 3.49. The van der Waals surface area contributed by atoms with Crippen molar-refractivity contribution in [2.24, 2.45) is 0 Å². The number of ether oxygens (including phenoxy) is 2. The first-order valence-electron chi connectivity index (χ1n) is 7.68. The Morgan fingerprint density at radius 3 is 2.54 bits per heavy atom. The number of rotatable bonds is 7. The molecule has 0 aliphatic rings. The normalized spacial score (nSPS) is 12.0. The fourth-order valence-electron chi connectivity index (χ4n) is 2.11. The van der Waals surface area contributed by atoms with E-state index in [9.17, 15) is 13.2 Å². The molecule has 136 valence electrons. The fourth-order valence-corrected chi connectivity index (χ4v) is 3.31. The van der Waals surface area contributed by atoms with Crippen molar-refractivity contribution in [2.75, 3.05) is 7.11 Å². The van der Waals surface area contributed by atoms with E-state index in [1.807, 2.05) is 6.07 Å². The lowest BCUT2D eigenvalue weighted by Gasteiger charge is -2.14. The van der Waals surface area contributed by atoms with E-state index in [0.29, 0.717) is 16.9 Å². The van der Waals surface area contributed by atoms with Gasteiger partial charge in [0.1, 0.15) is 18.4 Å². The van der Waals surface area contributed by atoms with Crippen LogP contribution in [0.3, 0.4) is 0 Å². The molecule has 0 amide bonds. The lowest BCUT2D eigenvalue weighted by Crippen LogP contribution is -2.39. The number of hydrogen-bond donors (Lipinski definition) is 1. The van der Waals surface area contributed by atoms with Gasteiger partial charge in [-0.2, -0.15) is 9.98 Å². The lowest BCUT2D eigenvalue weighted by molar-refractivity contribution is -0.146. The molecule has 26 heavy (non-hydrogen) atoms. The van der Waals surface area contributed by atoms with Gasteiger partial charge in [-0.05, 0) is 48.9 Å². The van der Waals surface area contributed by atoms with Crippen LogP contribution in [0.4, 0.5) is 0 Å². The molecule has 0 fully saturated rings. The topological polar surface area (TPSA) is 105 Å². The van der Waals surface area contributed by atoms with E-state index in [4.69, 9.17) is 14.7 Å². The predicted molar refractivity (Wildman–Crippen MR) is 93.7 cm³/mol. The van der Waals surface area contributed by atoms with E-state index in [1.165, 1.54) is 38.3 Å². The first kappa shape index (κ1) is 19.4. The van der Waals surface area contributed by atoms with Crippen LogP contribution in [0.25, 0.3) is 0 Å². The number of carbonyl (C=O) groups is 1. The van der Waals surface area contributed by atoms with Crippen LogP contribution in [0, 0.1) is 11.3 Å². The number of esters is 1. The summed E-state index contributed by atoms with van der Waals surface area (Å²) in [7, 11) is -2.39. The average molecular weight is 374 g/mol. The van der Waals surface area contributed by atoms with E-state index in [1.54, 1.807) is 24.3 Å². The first-order valence-corrected chi connectivity index (χ1v) is 9.16. The molecular weight excluding hydrogens is 356 g/mol. The van der Waals surface area contributed by atoms with Gasteiger partial charge in [-0.3, -0.25) is 4.79 Å². The Balaban J connectivity index is 1.97. The molecule has 2 rings (SSSR count). The minimum Gasteiger partial charge on any atom is -0.497 e. The second-order valence-corrected chi connectivity index (χ2v) is 7.15. The fraction of sp³-hybridized carbons (Fsp3) is 0.222. The van der Waals surface area contributed by atoms with Gasteiger partial charge in [0, 0.05) is 0 Å². The number of sulfonamides is 1. The molecule has 1 N–H and O–H groups in total. The maximum absolute atomic E-state index is 12.3. The van der Waals surface area contributed by atoms with Gasteiger partial charge < -0.3 is 9.47 Å². The van der Waals surface area contributed by atoms with Crippen LogP contribution in [0.1, 0.15) is 18.1 Å². The highest BCUT2D eigenvalue weighted by Gasteiger charge is 2.23. The van der Waals surface area contributed by atoms with Crippen molar-refractivity contribution in [3.8, 4) is 11.8 Å². The standard InChI is InChI=1S/C18H18N2O5S/c1-13(18(21)25-12-15-5-3-4-14(10-15)11-19)20-26(22,23)17-8-6-16(24-2)7-9-17/h3-10,13,20H,12H2,1-2H3/t13-/m0/s1. The van der Waals surface area contributed by atoms with E-state index < -0.39 is 22.0 Å². The van der Waals surface area contributed by atoms with E-state index >= 15 is 0 Å². The Morgan fingerprint density at radius 2 is 1.92 bits per heavy atom. The molecule has 1 atom stereocenters. The van der Waals surface area contributed by atoms with Gasteiger partial charge in [-0.1, -0.05) is 12.1 Å². The Bertz CT molecular complexity index is 917. The van der Waals surface area contributed by atoms with Gasteiger partial charge in [0.25, 0.3) is 0 Å². The Kier molecular flexibility index (Phi) is 6.33. The summed E-state index contributed by atoms with van der Waals surface area (Å²) in [5, 5.41) is 8.85. The Hall–Kier alpha value is -2.89. The zero-order valence-corrected chi connectivity index (χ0v) is 15.1. The number of nitriles is 1. The molecule has 0 aliphatic heterocycles. The van der Waals surface area contributed by atoms with Crippen LogP contribution >= 0.6 is 0 Å². The summed E-state index contributed by atoms with van der Waals surface area (Å²) < 4.78 is 37.0. The minimum atomic E-state index is -3.87. The van der Waals surface area contributed by atoms with Crippen molar-refractivity contribution in [1.82, 2.24) is 4.72 Å². The third kappa shape index (κ3) is 5.05. The van der Waals surface area contributed by atoms with E-state index in [2.05, 4.69) is 4.72 Å². The molecule has 0 saturated carbocycles. The second-order valence-electron chi connectivity index (χ2n) is 5.44. The highest BCUT2D eigenvalue weighted by Crippen LogP contribution is 2.16. The van der Waals surface area contributed by atoms with E-state index in [-0.39, 0.29) is 11.5 Å². The molecule has 0 heterocycles. The van der Waals surface area contributed by atoms with Gasteiger partial charge >= 0.3 is 5.97 Å². The van der Waals surface area contributed by atoms with Crippen molar-refractivity contribution >= 4 is 16.0 Å². The third-order valence-corrected chi connectivity index (χ3v) is 5.05. The maximum atomic E-state index is 12.3. The van der Waals surface area contributed by atoms with Crippen LogP contribution < -0.4 is 9.46 Å². The maximum Gasteiger partial charge on any atom is 0.324 e. The lowest BCUT2D eigenvalue weighted by atomic mass is 10.1. The zero-order chi connectivity index (χ0) is 19.2. The Labute approximate surface area is 152 Å².